The van der Waals surface area contributed by atoms with Crippen molar-refractivity contribution in [1.82, 2.24) is 13.7 Å². The van der Waals surface area contributed by atoms with Crippen LogP contribution in [0.3, 0.4) is 0 Å². The number of carbonyl (C=O) groups excluding carboxylic acids is 1. The lowest BCUT2D eigenvalue weighted by Gasteiger charge is -2.18. The Hall–Kier alpha value is -3.04. The predicted octanol–water partition coefficient (Wildman–Crippen LogP) is 2.39. The first kappa shape index (κ1) is 21.7. The van der Waals surface area contributed by atoms with E-state index in [1.165, 1.54) is 39.0 Å². The van der Waals surface area contributed by atoms with E-state index in [1.807, 2.05) is 13.0 Å². The van der Waals surface area contributed by atoms with Gasteiger partial charge < -0.3 is 4.74 Å². The SMILES string of the molecule is CCN(CC)S(=O)(=O)c1cccc(C(=O)OCc2cc(=O)n3cc(C)ccc3n2)c1. The van der Waals surface area contributed by atoms with Gasteiger partial charge in [-0.15, -0.1) is 0 Å². The van der Waals surface area contributed by atoms with Crippen molar-refractivity contribution in [3.05, 3.63) is 75.8 Å². The summed E-state index contributed by atoms with van der Waals surface area (Å²) in [5.74, 6) is -0.697. The molecule has 0 radical (unpaired) electrons. The molecular formula is C21H23N3O5S. The Labute approximate surface area is 174 Å². The van der Waals surface area contributed by atoms with Crippen molar-refractivity contribution in [3.63, 3.8) is 0 Å². The van der Waals surface area contributed by atoms with Crippen molar-refractivity contribution < 1.29 is 17.9 Å². The van der Waals surface area contributed by atoms with Crippen LogP contribution in [0.4, 0.5) is 0 Å². The Kier molecular flexibility index (Phi) is 6.33. The van der Waals surface area contributed by atoms with Gasteiger partial charge in [0.1, 0.15) is 12.3 Å². The van der Waals surface area contributed by atoms with E-state index in [-0.39, 0.29) is 22.6 Å². The van der Waals surface area contributed by atoms with Gasteiger partial charge in [0.05, 0.1) is 16.2 Å². The van der Waals surface area contributed by atoms with Crippen molar-refractivity contribution in [2.75, 3.05) is 13.1 Å². The number of aryl methyl sites for hydroxylation is 1. The number of esters is 1. The third kappa shape index (κ3) is 4.42. The lowest BCUT2D eigenvalue weighted by molar-refractivity contribution is 0.0467. The number of nitrogens with zero attached hydrogens (tertiary/aromatic N) is 3. The molecule has 0 aliphatic rings. The topological polar surface area (TPSA) is 98.0 Å². The molecule has 0 N–H and O–H groups in total. The highest BCUT2D eigenvalue weighted by atomic mass is 32.2. The maximum Gasteiger partial charge on any atom is 0.338 e. The molecule has 0 unspecified atom stereocenters. The highest BCUT2D eigenvalue weighted by Gasteiger charge is 2.22. The highest BCUT2D eigenvalue weighted by Crippen LogP contribution is 2.18. The molecule has 0 aliphatic heterocycles. The normalized spacial score (nSPS) is 11.7. The predicted molar refractivity (Wildman–Crippen MR) is 112 cm³/mol. The van der Waals surface area contributed by atoms with Crippen LogP contribution in [0.2, 0.25) is 0 Å². The van der Waals surface area contributed by atoms with Gasteiger partial charge >= 0.3 is 5.97 Å². The maximum absolute atomic E-state index is 12.7. The van der Waals surface area contributed by atoms with Gasteiger partial charge in [-0.2, -0.15) is 4.31 Å². The van der Waals surface area contributed by atoms with E-state index in [9.17, 15) is 18.0 Å². The number of ether oxygens (including phenoxy) is 1. The fraction of sp³-hybridized carbons (Fsp3) is 0.286. The summed E-state index contributed by atoms with van der Waals surface area (Å²) < 4.78 is 33.3. The minimum Gasteiger partial charge on any atom is -0.456 e. The number of benzene rings is 1. The van der Waals surface area contributed by atoms with Crippen LogP contribution >= 0.6 is 0 Å². The molecule has 30 heavy (non-hydrogen) atoms. The smallest absolute Gasteiger partial charge is 0.338 e. The average Bonchev–Trinajstić information content (AvgIpc) is 2.73. The van der Waals surface area contributed by atoms with E-state index in [0.29, 0.717) is 24.4 Å². The van der Waals surface area contributed by atoms with Crippen LogP contribution in [-0.4, -0.2) is 41.2 Å². The second kappa shape index (κ2) is 8.76. The molecular weight excluding hydrogens is 406 g/mol. The van der Waals surface area contributed by atoms with Crippen molar-refractivity contribution >= 4 is 21.6 Å². The molecule has 9 heteroatoms. The summed E-state index contributed by atoms with van der Waals surface area (Å²) in [7, 11) is -3.69. The summed E-state index contributed by atoms with van der Waals surface area (Å²) in [6.07, 6.45) is 1.68. The first-order valence-corrected chi connectivity index (χ1v) is 11.0. The molecule has 0 fully saturated rings. The average molecular weight is 429 g/mol. The van der Waals surface area contributed by atoms with Gasteiger partial charge in [-0.1, -0.05) is 26.0 Å². The van der Waals surface area contributed by atoms with Gasteiger partial charge in [0.25, 0.3) is 5.56 Å². The van der Waals surface area contributed by atoms with Crippen molar-refractivity contribution in [2.45, 2.75) is 32.3 Å². The lowest BCUT2D eigenvalue weighted by Crippen LogP contribution is -2.30. The van der Waals surface area contributed by atoms with E-state index in [1.54, 1.807) is 26.1 Å². The fourth-order valence-corrected chi connectivity index (χ4v) is 4.56. The first-order chi connectivity index (χ1) is 14.3. The number of hydrogen-bond acceptors (Lipinski definition) is 6. The molecule has 2 heterocycles. The van der Waals surface area contributed by atoms with Gasteiger partial charge in [0.2, 0.25) is 10.0 Å². The van der Waals surface area contributed by atoms with Crippen LogP contribution in [0.5, 0.6) is 0 Å². The molecule has 3 rings (SSSR count). The second-order valence-electron chi connectivity index (χ2n) is 6.71. The van der Waals surface area contributed by atoms with Gasteiger partial charge in [-0.05, 0) is 36.8 Å². The van der Waals surface area contributed by atoms with Crippen molar-refractivity contribution in [2.24, 2.45) is 0 Å². The summed E-state index contributed by atoms with van der Waals surface area (Å²) in [5.41, 5.74) is 1.51. The standard InChI is InChI=1S/C21H23N3O5S/c1-4-23(5-2)30(27,28)18-8-6-7-16(11-18)21(26)29-14-17-12-20(25)24-13-15(3)9-10-19(24)22-17/h6-13H,4-5,14H2,1-3H3. The van der Waals surface area contributed by atoms with Crippen LogP contribution in [0.15, 0.2) is 58.4 Å². The van der Waals surface area contributed by atoms with E-state index >= 15 is 0 Å². The van der Waals surface area contributed by atoms with Gasteiger partial charge in [-0.25, -0.2) is 18.2 Å². The summed E-state index contributed by atoms with van der Waals surface area (Å²) in [5, 5.41) is 0. The number of hydrogen-bond donors (Lipinski definition) is 0. The molecule has 1 aromatic carbocycles. The van der Waals surface area contributed by atoms with E-state index in [4.69, 9.17) is 4.74 Å². The molecule has 0 aliphatic carbocycles. The molecule has 3 aromatic rings. The number of rotatable bonds is 7. The number of fused-ring (bicyclic) bond motifs is 1. The lowest BCUT2D eigenvalue weighted by atomic mass is 10.2. The van der Waals surface area contributed by atoms with Crippen LogP contribution < -0.4 is 5.56 Å². The molecule has 0 bridgehead atoms. The zero-order chi connectivity index (χ0) is 21.9. The van der Waals surface area contributed by atoms with Gasteiger partial charge in [0, 0.05) is 25.4 Å². The van der Waals surface area contributed by atoms with Crippen molar-refractivity contribution in [1.29, 1.82) is 0 Å². The summed E-state index contributed by atoms with van der Waals surface area (Å²) in [6, 6.07) is 10.6. The molecule has 0 saturated heterocycles. The highest BCUT2D eigenvalue weighted by molar-refractivity contribution is 7.89. The number of aromatic nitrogens is 2. The Bertz CT molecular complexity index is 1250. The monoisotopic (exact) mass is 429 g/mol. The third-order valence-corrected chi connectivity index (χ3v) is 6.67. The summed E-state index contributed by atoms with van der Waals surface area (Å²) in [4.78, 5) is 29.1. The van der Waals surface area contributed by atoms with Crippen LogP contribution in [0, 0.1) is 6.92 Å². The molecule has 158 valence electrons. The number of pyridine rings is 1. The molecule has 2 aromatic heterocycles. The molecule has 0 atom stereocenters. The quantitative estimate of drug-likeness (QED) is 0.535. The Morgan fingerprint density at radius 3 is 2.57 bits per heavy atom. The van der Waals surface area contributed by atoms with E-state index in [2.05, 4.69) is 4.98 Å². The van der Waals surface area contributed by atoms with E-state index in [0.717, 1.165) is 5.56 Å². The second-order valence-corrected chi connectivity index (χ2v) is 8.65. The maximum atomic E-state index is 12.7. The molecule has 0 saturated carbocycles. The largest absolute Gasteiger partial charge is 0.456 e. The Balaban J connectivity index is 1.80. The zero-order valence-corrected chi connectivity index (χ0v) is 17.8. The summed E-state index contributed by atoms with van der Waals surface area (Å²) in [6.45, 7) is 5.83. The molecule has 0 spiro atoms. The minimum atomic E-state index is -3.69. The zero-order valence-electron chi connectivity index (χ0n) is 17.0. The fourth-order valence-electron chi connectivity index (χ4n) is 3.05. The Morgan fingerprint density at radius 2 is 1.87 bits per heavy atom. The third-order valence-electron chi connectivity index (χ3n) is 4.62. The van der Waals surface area contributed by atoms with Crippen LogP contribution in [0.1, 0.15) is 35.5 Å². The molecule has 0 amide bonds. The van der Waals surface area contributed by atoms with Gasteiger partial charge in [-0.3, -0.25) is 9.20 Å². The van der Waals surface area contributed by atoms with E-state index < -0.39 is 16.0 Å². The van der Waals surface area contributed by atoms with Crippen molar-refractivity contribution in [3.8, 4) is 0 Å². The van der Waals surface area contributed by atoms with Crippen LogP contribution in [0.25, 0.3) is 5.65 Å². The minimum absolute atomic E-state index is 0.0260. The van der Waals surface area contributed by atoms with Gasteiger partial charge in [0.15, 0.2) is 0 Å². The first-order valence-electron chi connectivity index (χ1n) is 9.52. The number of carbonyl (C=O) groups is 1. The molecule has 8 nitrogen and oxygen atoms in total. The summed E-state index contributed by atoms with van der Waals surface area (Å²) >= 11 is 0. The van der Waals surface area contributed by atoms with Crippen LogP contribution in [-0.2, 0) is 21.4 Å². The Morgan fingerprint density at radius 1 is 1.13 bits per heavy atom. The number of sulfonamides is 1.